The van der Waals surface area contributed by atoms with Crippen LogP contribution in [0.4, 0.5) is 0 Å². The lowest BCUT2D eigenvalue weighted by Gasteiger charge is -1.99. The Bertz CT molecular complexity index is 534. The molecule has 0 atom stereocenters. The largest absolute Gasteiger partial charge is 0.478 e. The molecule has 0 spiro atoms. The Morgan fingerprint density at radius 3 is 2.94 bits per heavy atom. The number of aryl methyl sites for hydroxylation is 1. The molecule has 0 saturated heterocycles. The molecule has 0 unspecified atom stereocenters. The van der Waals surface area contributed by atoms with Gasteiger partial charge in [0.05, 0.1) is 5.56 Å². The predicted molar refractivity (Wildman–Crippen MR) is 63.6 cm³/mol. The molecule has 0 aliphatic heterocycles. The van der Waals surface area contributed by atoms with Gasteiger partial charge in [-0.2, -0.15) is 0 Å². The normalized spacial score (nSPS) is 8.76. The summed E-state index contributed by atoms with van der Waals surface area (Å²) in [7, 11) is 0. The fourth-order valence-electron chi connectivity index (χ4n) is 1.25. The van der Waals surface area contributed by atoms with Crippen LogP contribution in [0, 0.1) is 18.8 Å². The molecular formula is C12H11N3O2. The van der Waals surface area contributed by atoms with Gasteiger partial charge in [0.25, 0.3) is 0 Å². The van der Waals surface area contributed by atoms with Crippen LogP contribution in [0.25, 0.3) is 10.4 Å². The van der Waals surface area contributed by atoms with Crippen molar-refractivity contribution in [2.24, 2.45) is 5.11 Å². The van der Waals surface area contributed by atoms with Gasteiger partial charge in [0, 0.05) is 23.4 Å². The maximum absolute atomic E-state index is 10.7. The highest BCUT2D eigenvalue weighted by atomic mass is 16.4. The second-order valence-corrected chi connectivity index (χ2v) is 3.34. The van der Waals surface area contributed by atoms with Crippen molar-refractivity contribution in [2.45, 2.75) is 13.3 Å². The van der Waals surface area contributed by atoms with E-state index in [-0.39, 0.29) is 5.56 Å². The van der Waals surface area contributed by atoms with Crippen LogP contribution in [0.3, 0.4) is 0 Å². The van der Waals surface area contributed by atoms with Crippen molar-refractivity contribution in [2.75, 3.05) is 6.54 Å². The second-order valence-electron chi connectivity index (χ2n) is 3.34. The summed E-state index contributed by atoms with van der Waals surface area (Å²) in [5.74, 6) is 4.83. The van der Waals surface area contributed by atoms with Crippen molar-refractivity contribution in [3.63, 3.8) is 0 Å². The van der Waals surface area contributed by atoms with Crippen LogP contribution in [0.15, 0.2) is 23.3 Å². The number of benzene rings is 1. The molecular weight excluding hydrogens is 218 g/mol. The summed E-state index contributed by atoms with van der Waals surface area (Å²) < 4.78 is 0. The first-order chi connectivity index (χ1) is 8.15. The minimum atomic E-state index is -0.948. The lowest BCUT2D eigenvalue weighted by molar-refractivity contribution is 0.0697. The van der Waals surface area contributed by atoms with E-state index in [0.717, 1.165) is 11.1 Å². The first-order valence-corrected chi connectivity index (χ1v) is 4.99. The molecule has 0 aliphatic carbocycles. The lowest BCUT2D eigenvalue weighted by Crippen LogP contribution is -1.97. The van der Waals surface area contributed by atoms with Crippen LogP contribution in [0.1, 0.15) is 27.9 Å². The molecule has 1 rings (SSSR count). The minimum absolute atomic E-state index is 0.252. The number of azide groups is 1. The van der Waals surface area contributed by atoms with Crippen molar-refractivity contribution in [1.82, 2.24) is 0 Å². The molecule has 0 bridgehead atoms. The second kappa shape index (κ2) is 6.21. The van der Waals surface area contributed by atoms with Crippen LogP contribution in [-0.2, 0) is 0 Å². The van der Waals surface area contributed by atoms with E-state index in [2.05, 4.69) is 21.9 Å². The highest BCUT2D eigenvalue weighted by Crippen LogP contribution is 2.10. The van der Waals surface area contributed by atoms with Crippen molar-refractivity contribution < 1.29 is 9.90 Å². The number of carboxylic acids is 1. The highest BCUT2D eigenvalue weighted by Gasteiger charge is 2.03. The van der Waals surface area contributed by atoms with Gasteiger partial charge in [-0.25, -0.2) is 4.79 Å². The number of aromatic carboxylic acids is 1. The van der Waals surface area contributed by atoms with Crippen molar-refractivity contribution in [1.29, 1.82) is 0 Å². The maximum atomic E-state index is 10.7. The molecule has 5 nitrogen and oxygen atoms in total. The molecule has 1 aromatic rings. The number of hydrogen-bond acceptors (Lipinski definition) is 2. The molecule has 1 N–H and O–H groups in total. The van der Waals surface area contributed by atoms with Crippen LogP contribution >= 0.6 is 0 Å². The molecule has 0 saturated carbocycles. The molecule has 0 radical (unpaired) electrons. The smallest absolute Gasteiger partial charge is 0.335 e. The Labute approximate surface area is 98.7 Å². The lowest BCUT2D eigenvalue weighted by atomic mass is 10.1. The third-order valence-corrected chi connectivity index (χ3v) is 2.10. The summed E-state index contributed by atoms with van der Waals surface area (Å²) in [4.78, 5) is 13.3. The van der Waals surface area contributed by atoms with Gasteiger partial charge in [-0.3, -0.25) is 0 Å². The van der Waals surface area contributed by atoms with Crippen LogP contribution in [0.5, 0.6) is 0 Å². The van der Waals surface area contributed by atoms with E-state index in [1.807, 2.05) is 6.92 Å². The zero-order chi connectivity index (χ0) is 12.7. The first-order valence-electron chi connectivity index (χ1n) is 4.99. The summed E-state index contributed by atoms with van der Waals surface area (Å²) in [6.07, 6.45) is 0.490. The maximum Gasteiger partial charge on any atom is 0.335 e. The molecule has 1 aromatic carbocycles. The molecule has 0 fully saturated rings. The van der Waals surface area contributed by atoms with E-state index in [4.69, 9.17) is 10.6 Å². The topological polar surface area (TPSA) is 86.1 Å². The summed E-state index contributed by atoms with van der Waals surface area (Å²) in [6, 6.07) is 4.78. The van der Waals surface area contributed by atoms with E-state index in [1.165, 1.54) is 6.07 Å². The third kappa shape index (κ3) is 3.90. The van der Waals surface area contributed by atoms with Crippen LogP contribution in [0.2, 0.25) is 0 Å². The number of carboxylic acid groups (broad SMARTS) is 1. The zero-order valence-electron chi connectivity index (χ0n) is 9.34. The van der Waals surface area contributed by atoms with Crippen molar-refractivity contribution >= 4 is 5.97 Å². The molecule has 0 aliphatic rings. The minimum Gasteiger partial charge on any atom is -0.478 e. The van der Waals surface area contributed by atoms with Gasteiger partial charge in [-0.15, -0.1) is 0 Å². The van der Waals surface area contributed by atoms with Gasteiger partial charge in [0.15, 0.2) is 0 Å². The Morgan fingerprint density at radius 2 is 2.35 bits per heavy atom. The fraction of sp³-hybridized carbons (Fsp3) is 0.250. The SMILES string of the molecule is Cc1cc(C(=O)O)ccc1C#CCCN=[N+]=[N-]. The average molecular weight is 229 g/mol. The number of hydrogen-bond donors (Lipinski definition) is 1. The van der Waals surface area contributed by atoms with Crippen molar-refractivity contribution in [3.05, 3.63) is 45.3 Å². The van der Waals surface area contributed by atoms with Gasteiger partial charge in [0.2, 0.25) is 0 Å². The molecule has 86 valence electrons. The van der Waals surface area contributed by atoms with Gasteiger partial charge < -0.3 is 5.11 Å². The third-order valence-electron chi connectivity index (χ3n) is 2.10. The summed E-state index contributed by atoms with van der Waals surface area (Å²) in [6.45, 7) is 2.15. The fourth-order valence-corrected chi connectivity index (χ4v) is 1.25. The molecule has 17 heavy (non-hydrogen) atoms. The average Bonchev–Trinajstić information content (AvgIpc) is 2.30. The predicted octanol–water partition coefficient (Wildman–Crippen LogP) is 2.75. The molecule has 0 aromatic heterocycles. The Kier molecular flexibility index (Phi) is 4.61. The van der Waals surface area contributed by atoms with E-state index in [0.29, 0.717) is 13.0 Å². The molecule has 0 heterocycles. The van der Waals surface area contributed by atoms with Gasteiger partial charge >= 0.3 is 5.97 Å². The monoisotopic (exact) mass is 229 g/mol. The van der Waals surface area contributed by atoms with Crippen LogP contribution in [-0.4, -0.2) is 17.6 Å². The highest BCUT2D eigenvalue weighted by molar-refractivity contribution is 5.88. The van der Waals surface area contributed by atoms with Gasteiger partial charge in [-0.05, 0) is 36.2 Å². The van der Waals surface area contributed by atoms with Crippen molar-refractivity contribution in [3.8, 4) is 11.8 Å². The Morgan fingerprint density at radius 1 is 1.59 bits per heavy atom. The van der Waals surface area contributed by atoms with E-state index < -0.39 is 5.97 Å². The van der Waals surface area contributed by atoms with E-state index >= 15 is 0 Å². The Hall–Kier alpha value is -2.44. The summed E-state index contributed by atoms with van der Waals surface area (Å²) in [5, 5.41) is 12.2. The van der Waals surface area contributed by atoms with Gasteiger partial charge in [-0.1, -0.05) is 17.0 Å². The number of rotatable bonds is 3. The number of carbonyl (C=O) groups is 1. The summed E-state index contributed by atoms with van der Waals surface area (Å²) >= 11 is 0. The Balaban J connectivity index is 2.78. The standard InChI is InChI=1S/C12H11N3O2/c1-9-8-11(12(16)17)6-5-10(9)4-2-3-7-14-15-13/h5-6,8H,3,7H2,1H3,(H,16,17). The van der Waals surface area contributed by atoms with E-state index in [9.17, 15) is 4.79 Å². The first kappa shape index (κ1) is 12.6. The van der Waals surface area contributed by atoms with E-state index in [1.54, 1.807) is 12.1 Å². The molecule has 5 heteroatoms. The number of nitrogens with zero attached hydrogens (tertiary/aromatic N) is 3. The van der Waals surface area contributed by atoms with Crippen LogP contribution < -0.4 is 0 Å². The van der Waals surface area contributed by atoms with Gasteiger partial charge in [0.1, 0.15) is 0 Å². The molecule has 0 amide bonds. The summed E-state index contributed by atoms with van der Waals surface area (Å²) in [5.41, 5.74) is 9.92. The quantitative estimate of drug-likeness (QED) is 0.284. The zero-order valence-corrected chi connectivity index (χ0v) is 9.34.